The van der Waals surface area contributed by atoms with Crippen LogP contribution < -0.4 is 11.1 Å². The molecule has 0 bridgehead atoms. The monoisotopic (exact) mass is 172 g/mol. The van der Waals surface area contributed by atoms with Gasteiger partial charge in [0, 0.05) is 25.6 Å². The lowest BCUT2D eigenvalue weighted by atomic mass is 9.80. The number of nitrogens with one attached hydrogen (secondary N) is 1. The molecule has 0 aromatic heterocycles. The first-order valence-corrected chi connectivity index (χ1v) is 4.09. The molecule has 0 spiro atoms. The second-order valence-electron chi connectivity index (χ2n) is 3.67. The Morgan fingerprint density at radius 1 is 1.83 bits per heavy atom. The van der Waals surface area contributed by atoms with Crippen LogP contribution in [0.2, 0.25) is 0 Å². The molecule has 1 aliphatic rings. The smallest absolute Gasteiger partial charge is 0.222 e. The minimum absolute atomic E-state index is 0.0996. The van der Waals surface area contributed by atoms with Gasteiger partial charge in [-0.15, -0.1) is 0 Å². The summed E-state index contributed by atoms with van der Waals surface area (Å²) in [5.41, 5.74) is 5.14. The molecular weight excluding hydrogens is 156 g/mol. The van der Waals surface area contributed by atoms with Gasteiger partial charge in [0.05, 0.1) is 12.5 Å². The van der Waals surface area contributed by atoms with Gasteiger partial charge in [-0.1, -0.05) is 6.92 Å². The van der Waals surface area contributed by atoms with Crippen LogP contribution in [0.25, 0.3) is 0 Å². The molecule has 1 rings (SSSR count). The van der Waals surface area contributed by atoms with Crippen LogP contribution in [-0.2, 0) is 9.53 Å². The summed E-state index contributed by atoms with van der Waals surface area (Å²) in [5.74, 6) is -0.336. The van der Waals surface area contributed by atoms with Gasteiger partial charge in [0.25, 0.3) is 0 Å². The van der Waals surface area contributed by atoms with Crippen LogP contribution in [0.5, 0.6) is 0 Å². The van der Waals surface area contributed by atoms with Crippen LogP contribution in [0.1, 0.15) is 6.92 Å². The predicted octanol–water partition coefficient (Wildman–Crippen LogP) is -0.656. The standard InChI is InChI=1S/C8H16N2O2/c1-8(5-12-2)4-10-3-6(8)7(9)11/h6,10H,3-5H2,1-2H3,(H2,9,11). The summed E-state index contributed by atoms with van der Waals surface area (Å²) >= 11 is 0. The van der Waals surface area contributed by atoms with E-state index in [1.807, 2.05) is 6.92 Å². The molecule has 1 heterocycles. The number of hydrogen-bond donors (Lipinski definition) is 2. The highest BCUT2D eigenvalue weighted by Gasteiger charge is 2.42. The summed E-state index contributed by atoms with van der Waals surface area (Å²) in [5, 5.41) is 3.15. The molecule has 0 aliphatic carbocycles. The van der Waals surface area contributed by atoms with E-state index in [1.54, 1.807) is 7.11 Å². The number of amides is 1. The minimum atomic E-state index is -0.237. The van der Waals surface area contributed by atoms with E-state index in [-0.39, 0.29) is 17.2 Å². The molecule has 4 nitrogen and oxygen atoms in total. The van der Waals surface area contributed by atoms with Crippen LogP contribution in [-0.4, -0.2) is 32.7 Å². The first kappa shape index (κ1) is 9.48. The fourth-order valence-corrected chi connectivity index (χ4v) is 1.80. The zero-order valence-electron chi connectivity index (χ0n) is 7.59. The third-order valence-corrected chi connectivity index (χ3v) is 2.54. The van der Waals surface area contributed by atoms with Crippen LogP contribution in [0.15, 0.2) is 0 Å². The molecule has 0 saturated carbocycles. The van der Waals surface area contributed by atoms with Crippen LogP contribution >= 0.6 is 0 Å². The van der Waals surface area contributed by atoms with Gasteiger partial charge in [0.1, 0.15) is 0 Å². The summed E-state index contributed by atoms with van der Waals surface area (Å²) < 4.78 is 5.06. The molecule has 1 amide bonds. The average molecular weight is 172 g/mol. The first-order valence-electron chi connectivity index (χ1n) is 4.09. The van der Waals surface area contributed by atoms with Gasteiger partial charge < -0.3 is 15.8 Å². The Balaban J connectivity index is 2.67. The van der Waals surface area contributed by atoms with E-state index < -0.39 is 0 Å². The Kier molecular flexibility index (Phi) is 2.69. The third-order valence-electron chi connectivity index (χ3n) is 2.54. The second kappa shape index (κ2) is 3.41. The Labute approximate surface area is 72.5 Å². The minimum Gasteiger partial charge on any atom is -0.384 e. The van der Waals surface area contributed by atoms with Crippen molar-refractivity contribution in [2.24, 2.45) is 17.1 Å². The zero-order chi connectivity index (χ0) is 9.19. The first-order chi connectivity index (χ1) is 5.60. The third kappa shape index (κ3) is 1.59. The van der Waals surface area contributed by atoms with Gasteiger partial charge in [-0.05, 0) is 0 Å². The number of nitrogens with two attached hydrogens (primary N) is 1. The van der Waals surface area contributed by atoms with E-state index in [9.17, 15) is 4.79 Å². The van der Waals surface area contributed by atoms with Crippen molar-refractivity contribution in [1.29, 1.82) is 0 Å². The van der Waals surface area contributed by atoms with Gasteiger partial charge in [0.15, 0.2) is 0 Å². The lowest BCUT2D eigenvalue weighted by Crippen LogP contribution is -2.39. The van der Waals surface area contributed by atoms with E-state index in [4.69, 9.17) is 10.5 Å². The molecule has 2 atom stereocenters. The second-order valence-corrected chi connectivity index (χ2v) is 3.67. The molecule has 1 saturated heterocycles. The molecular formula is C8H16N2O2. The van der Waals surface area contributed by atoms with Crippen molar-refractivity contribution >= 4 is 5.91 Å². The molecule has 12 heavy (non-hydrogen) atoms. The SMILES string of the molecule is COCC1(C)CNCC1C(N)=O. The quantitative estimate of drug-likeness (QED) is 0.594. The Morgan fingerprint density at radius 2 is 2.50 bits per heavy atom. The fourth-order valence-electron chi connectivity index (χ4n) is 1.80. The van der Waals surface area contributed by atoms with E-state index in [1.165, 1.54) is 0 Å². The molecule has 1 fully saturated rings. The molecule has 0 aromatic rings. The van der Waals surface area contributed by atoms with Gasteiger partial charge in [-0.2, -0.15) is 0 Å². The molecule has 0 radical (unpaired) electrons. The maximum Gasteiger partial charge on any atom is 0.222 e. The summed E-state index contributed by atoms with van der Waals surface area (Å²) in [6.45, 7) is 4.07. The highest BCUT2D eigenvalue weighted by Crippen LogP contribution is 2.30. The number of ether oxygens (including phenoxy) is 1. The summed E-state index contributed by atoms with van der Waals surface area (Å²) in [6, 6.07) is 0. The van der Waals surface area contributed by atoms with Crippen LogP contribution in [0, 0.1) is 11.3 Å². The predicted molar refractivity (Wildman–Crippen MR) is 45.5 cm³/mol. The Morgan fingerprint density at radius 3 is 3.00 bits per heavy atom. The molecule has 1 aliphatic heterocycles. The lowest BCUT2D eigenvalue weighted by molar-refractivity contribution is -0.125. The number of methoxy groups -OCH3 is 1. The molecule has 0 aromatic carbocycles. The van der Waals surface area contributed by atoms with Gasteiger partial charge >= 0.3 is 0 Å². The normalized spacial score (nSPS) is 35.3. The Hall–Kier alpha value is -0.610. The zero-order valence-corrected chi connectivity index (χ0v) is 7.59. The number of primary amides is 1. The maximum absolute atomic E-state index is 11.0. The van der Waals surface area contributed by atoms with Crippen molar-refractivity contribution < 1.29 is 9.53 Å². The Bertz CT molecular complexity index is 184. The van der Waals surface area contributed by atoms with Gasteiger partial charge in [-0.25, -0.2) is 0 Å². The molecule has 70 valence electrons. The summed E-state index contributed by atoms with van der Waals surface area (Å²) in [6.07, 6.45) is 0. The van der Waals surface area contributed by atoms with Crippen molar-refractivity contribution in [3.63, 3.8) is 0 Å². The van der Waals surface area contributed by atoms with E-state index >= 15 is 0 Å². The van der Waals surface area contributed by atoms with Gasteiger partial charge in [0.2, 0.25) is 5.91 Å². The van der Waals surface area contributed by atoms with E-state index in [0.29, 0.717) is 13.2 Å². The van der Waals surface area contributed by atoms with Gasteiger partial charge in [-0.3, -0.25) is 4.79 Å². The molecule has 2 unspecified atom stereocenters. The largest absolute Gasteiger partial charge is 0.384 e. The highest BCUT2D eigenvalue weighted by molar-refractivity contribution is 5.78. The fraction of sp³-hybridized carbons (Fsp3) is 0.875. The topological polar surface area (TPSA) is 64.3 Å². The number of hydrogen-bond acceptors (Lipinski definition) is 3. The van der Waals surface area contributed by atoms with Crippen LogP contribution in [0.3, 0.4) is 0 Å². The molecule has 3 N–H and O–H groups in total. The number of carbonyl (C=O) groups is 1. The number of carbonyl (C=O) groups excluding carboxylic acids is 1. The van der Waals surface area contributed by atoms with E-state index in [0.717, 1.165) is 6.54 Å². The highest BCUT2D eigenvalue weighted by atomic mass is 16.5. The van der Waals surface area contributed by atoms with E-state index in [2.05, 4.69) is 5.32 Å². The van der Waals surface area contributed by atoms with Crippen molar-refractivity contribution in [3.05, 3.63) is 0 Å². The lowest BCUT2D eigenvalue weighted by Gasteiger charge is -2.27. The van der Waals surface area contributed by atoms with Crippen molar-refractivity contribution in [1.82, 2.24) is 5.32 Å². The molecule has 4 heteroatoms. The average Bonchev–Trinajstić information content (AvgIpc) is 2.32. The van der Waals surface area contributed by atoms with Crippen molar-refractivity contribution in [2.45, 2.75) is 6.92 Å². The summed E-state index contributed by atoms with van der Waals surface area (Å²) in [7, 11) is 1.64. The number of rotatable bonds is 3. The maximum atomic E-state index is 11.0. The summed E-state index contributed by atoms with van der Waals surface area (Å²) in [4.78, 5) is 11.0. The van der Waals surface area contributed by atoms with Crippen molar-refractivity contribution in [2.75, 3.05) is 26.8 Å². The van der Waals surface area contributed by atoms with Crippen molar-refractivity contribution in [3.8, 4) is 0 Å². The van der Waals surface area contributed by atoms with Crippen LogP contribution in [0.4, 0.5) is 0 Å².